The molecule has 5 rings (SSSR count). The zero-order chi connectivity index (χ0) is 24.7. The molecule has 3 aromatic heterocycles. The molecule has 1 aliphatic rings. The second kappa shape index (κ2) is 8.99. The maximum Gasteiger partial charge on any atom is 0.433 e. The molecule has 35 heavy (non-hydrogen) atoms. The quantitative estimate of drug-likeness (QED) is 0.346. The van der Waals surface area contributed by atoms with Gasteiger partial charge < -0.3 is 10.2 Å². The van der Waals surface area contributed by atoms with E-state index in [0.29, 0.717) is 48.8 Å². The molecule has 1 fully saturated rings. The summed E-state index contributed by atoms with van der Waals surface area (Å²) in [6.07, 6.45) is -0.0292. The van der Waals surface area contributed by atoms with Gasteiger partial charge >= 0.3 is 6.18 Å². The largest absolute Gasteiger partial charge is 0.433 e. The number of benzene rings is 1. The summed E-state index contributed by atoms with van der Waals surface area (Å²) in [6.45, 7) is 3.10. The summed E-state index contributed by atoms with van der Waals surface area (Å²) in [5.74, 6) is 0.0239. The highest BCUT2D eigenvalue weighted by atomic mass is 35.5. The van der Waals surface area contributed by atoms with Crippen molar-refractivity contribution >= 4 is 28.9 Å². The van der Waals surface area contributed by atoms with Crippen LogP contribution in [0, 0.1) is 12.7 Å². The number of fused-ring (bicyclic) bond motifs is 1. The highest BCUT2D eigenvalue weighted by Crippen LogP contribution is 2.33. The summed E-state index contributed by atoms with van der Waals surface area (Å²) in [5, 5.41) is 8.18. The minimum atomic E-state index is -4.47. The van der Waals surface area contributed by atoms with Crippen LogP contribution in [0.5, 0.6) is 0 Å². The molecule has 1 aromatic carbocycles. The zero-order valence-corrected chi connectivity index (χ0v) is 19.4. The second-order valence-electron chi connectivity index (χ2n) is 8.56. The summed E-state index contributed by atoms with van der Waals surface area (Å²) >= 11 is 6.29. The van der Waals surface area contributed by atoms with Crippen molar-refractivity contribution in [2.75, 3.05) is 23.3 Å². The SMILES string of the molecule is Cc1cc(-c2ccc(F)cc2Cl)c2nc(NC3CCN(c4ccnc(C(F)(F)F)c4)CC3)nn2c1. The average Bonchev–Trinajstić information content (AvgIpc) is 3.21. The summed E-state index contributed by atoms with van der Waals surface area (Å²) in [4.78, 5) is 10.00. The van der Waals surface area contributed by atoms with E-state index in [9.17, 15) is 17.6 Å². The van der Waals surface area contributed by atoms with Crippen molar-refractivity contribution in [3.05, 3.63) is 70.9 Å². The first-order valence-electron chi connectivity index (χ1n) is 11.0. The number of pyridine rings is 2. The Bertz CT molecular complexity index is 1380. The van der Waals surface area contributed by atoms with E-state index in [2.05, 4.69) is 20.4 Å². The summed E-state index contributed by atoms with van der Waals surface area (Å²) < 4.78 is 54.2. The first-order chi connectivity index (χ1) is 16.7. The number of nitrogens with zero attached hydrogens (tertiary/aromatic N) is 5. The summed E-state index contributed by atoms with van der Waals surface area (Å²) in [5.41, 5.74) is 2.53. The van der Waals surface area contributed by atoms with Gasteiger partial charge in [-0.2, -0.15) is 18.2 Å². The Kier molecular flexibility index (Phi) is 6.00. The Morgan fingerprint density at radius 3 is 2.54 bits per heavy atom. The molecule has 4 heterocycles. The van der Waals surface area contributed by atoms with Crippen LogP contribution in [-0.2, 0) is 6.18 Å². The van der Waals surface area contributed by atoms with Crippen LogP contribution in [0.25, 0.3) is 16.8 Å². The van der Waals surface area contributed by atoms with E-state index in [1.54, 1.807) is 16.6 Å². The van der Waals surface area contributed by atoms with E-state index in [4.69, 9.17) is 11.6 Å². The average molecular weight is 505 g/mol. The number of hydrogen-bond donors (Lipinski definition) is 1. The molecule has 1 N–H and O–H groups in total. The van der Waals surface area contributed by atoms with Crippen LogP contribution in [0.4, 0.5) is 29.2 Å². The molecular weight excluding hydrogens is 484 g/mol. The third-order valence-corrected chi connectivity index (χ3v) is 6.33. The van der Waals surface area contributed by atoms with Gasteiger partial charge in [-0.25, -0.2) is 8.91 Å². The standard InChI is InChI=1S/C24H21ClF4N6/c1-14-10-19(18-3-2-15(26)11-20(18)25)22-32-23(33-35(22)13-14)31-16-5-8-34(9-6-16)17-4-7-30-21(12-17)24(27,28)29/h2-4,7,10-13,16H,5-6,8-9H2,1H3,(H,31,33). The topological polar surface area (TPSA) is 58.4 Å². The van der Waals surface area contributed by atoms with Crippen molar-refractivity contribution in [1.29, 1.82) is 0 Å². The molecule has 182 valence electrons. The van der Waals surface area contributed by atoms with Crippen molar-refractivity contribution in [2.45, 2.75) is 32.0 Å². The lowest BCUT2D eigenvalue weighted by Crippen LogP contribution is -2.39. The third kappa shape index (κ3) is 4.88. The van der Waals surface area contributed by atoms with Gasteiger partial charge in [0.15, 0.2) is 5.65 Å². The van der Waals surface area contributed by atoms with Crippen LogP contribution in [-0.4, -0.2) is 38.7 Å². The minimum absolute atomic E-state index is 0.0616. The molecule has 0 radical (unpaired) electrons. The van der Waals surface area contributed by atoms with Crippen LogP contribution in [0.1, 0.15) is 24.1 Å². The van der Waals surface area contributed by atoms with E-state index >= 15 is 0 Å². The van der Waals surface area contributed by atoms with Crippen molar-refractivity contribution in [3.63, 3.8) is 0 Å². The highest BCUT2D eigenvalue weighted by Gasteiger charge is 2.33. The Balaban J connectivity index is 1.32. The smallest absolute Gasteiger partial charge is 0.371 e. The van der Waals surface area contributed by atoms with Gasteiger partial charge in [0.1, 0.15) is 11.5 Å². The molecular formula is C24H21ClF4N6. The summed E-state index contributed by atoms with van der Waals surface area (Å²) in [6, 6.07) is 8.90. The normalized spacial score (nSPS) is 15.1. The van der Waals surface area contributed by atoms with E-state index in [-0.39, 0.29) is 11.1 Å². The number of nitrogens with one attached hydrogen (secondary N) is 1. The lowest BCUT2D eigenvalue weighted by atomic mass is 10.0. The molecule has 1 saturated heterocycles. The first kappa shape index (κ1) is 23.3. The highest BCUT2D eigenvalue weighted by molar-refractivity contribution is 6.33. The van der Waals surface area contributed by atoms with Crippen LogP contribution >= 0.6 is 11.6 Å². The number of piperidine rings is 1. The van der Waals surface area contributed by atoms with Gasteiger partial charge in [-0.1, -0.05) is 11.6 Å². The maximum atomic E-state index is 13.5. The monoisotopic (exact) mass is 504 g/mol. The Hall–Kier alpha value is -3.40. The lowest BCUT2D eigenvalue weighted by Gasteiger charge is -2.33. The van der Waals surface area contributed by atoms with Gasteiger partial charge in [-0.15, -0.1) is 5.10 Å². The lowest BCUT2D eigenvalue weighted by molar-refractivity contribution is -0.141. The molecule has 11 heteroatoms. The van der Waals surface area contributed by atoms with E-state index in [1.165, 1.54) is 18.3 Å². The Morgan fingerprint density at radius 2 is 1.83 bits per heavy atom. The fraction of sp³-hybridized carbons (Fsp3) is 0.292. The van der Waals surface area contributed by atoms with Crippen LogP contribution in [0.2, 0.25) is 5.02 Å². The number of anilines is 2. The maximum absolute atomic E-state index is 13.5. The molecule has 1 aliphatic heterocycles. The van der Waals surface area contributed by atoms with Gasteiger partial charge in [0.25, 0.3) is 0 Å². The predicted octanol–water partition coefficient (Wildman–Crippen LogP) is 5.99. The van der Waals surface area contributed by atoms with Gasteiger partial charge in [0, 0.05) is 48.3 Å². The van der Waals surface area contributed by atoms with Gasteiger partial charge in [0.05, 0.1) is 5.02 Å². The molecule has 6 nitrogen and oxygen atoms in total. The van der Waals surface area contributed by atoms with Crippen LogP contribution in [0.15, 0.2) is 48.8 Å². The number of hydrogen-bond acceptors (Lipinski definition) is 5. The molecule has 0 amide bonds. The van der Waals surface area contributed by atoms with Gasteiger partial charge in [0.2, 0.25) is 5.95 Å². The fourth-order valence-corrected chi connectivity index (χ4v) is 4.59. The van der Waals surface area contributed by atoms with Crippen LogP contribution in [0.3, 0.4) is 0 Å². The number of aryl methyl sites for hydroxylation is 1. The number of alkyl halides is 3. The first-order valence-corrected chi connectivity index (χ1v) is 11.4. The fourth-order valence-electron chi connectivity index (χ4n) is 4.32. The van der Waals surface area contributed by atoms with E-state index in [0.717, 1.165) is 17.2 Å². The Labute approximate surface area is 203 Å². The molecule has 0 bridgehead atoms. The number of halogens is 5. The van der Waals surface area contributed by atoms with Crippen LogP contribution < -0.4 is 10.2 Å². The predicted molar refractivity (Wildman–Crippen MR) is 126 cm³/mol. The Morgan fingerprint density at radius 1 is 1.06 bits per heavy atom. The van der Waals surface area contributed by atoms with Crippen molar-refractivity contribution in [3.8, 4) is 11.1 Å². The van der Waals surface area contributed by atoms with Crippen molar-refractivity contribution in [2.24, 2.45) is 0 Å². The molecule has 4 aromatic rings. The van der Waals surface area contributed by atoms with Gasteiger partial charge in [-0.3, -0.25) is 4.98 Å². The number of rotatable bonds is 4. The molecule has 0 unspecified atom stereocenters. The number of aromatic nitrogens is 4. The molecule has 0 aliphatic carbocycles. The van der Waals surface area contributed by atoms with E-state index < -0.39 is 17.7 Å². The van der Waals surface area contributed by atoms with Crippen molar-refractivity contribution in [1.82, 2.24) is 19.6 Å². The minimum Gasteiger partial charge on any atom is -0.371 e. The van der Waals surface area contributed by atoms with Gasteiger partial charge in [-0.05, 0) is 61.7 Å². The molecule has 0 atom stereocenters. The second-order valence-corrected chi connectivity index (χ2v) is 8.97. The van der Waals surface area contributed by atoms with E-state index in [1.807, 2.05) is 24.1 Å². The summed E-state index contributed by atoms with van der Waals surface area (Å²) in [7, 11) is 0. The molecule has 0 spiro atoms. The molecule has 0 saturated carbocycles. The zero-order valence-electron chi connectivity index (χ0n) is 18.7. The third-order valence-electron chi connectivity index (χ3n) is 6.02. The van der Waals surface area contributed by atoms with Crippen molar-refractivity contribution < 1.29 is 17.6 Å².